The largest absolute Gasteiger partial charge is 0.459 e. The average Bonchev–Trinajstić information content (AvgIpc) is 3.01. The standard InChI is InChI=1S/C35H38BrF2N3O5/c1-21-28(24-19-22(36)9-10-26(24)39-29(21)41-15-17-44-18-16-41)30(42)40-35-13-11-34(12-14-35,31(43)46-33(2,3)4)20-25(35)23-7-5-6-8-27(23)45-32(37)38/h5-10,19-20,32H,11-18H2,1-4H3,(H,40,42). The van der Waals surface area contributed by atoms with Gasteiger partial charge in [0.1, 0.15) is 17.2 Å². The fourth-order valence-corrected chi connectivity index (χ4v) is 7.34. The van der Waals surface area contributed by atoms with Crippen LogP contribution in [0, 0.1) is 12.3 Å². The second-order valence-electron chi connectivity index (χ2n) is 13.3. The third-order valence-electron chi connectivity index (χ3n) is 9.19. The Morgan fingerprint density at radius 1 is 1.07 bits per heavy atom. The van der Waals surface area contributed by atoms with Crippen LogP contribution < -0.4 is 15.0 Å². The molecule has 8 nitrogen and oxygen atoms in total. The van der Waals surface area contributed by atoms with Gasteiger partial charge in [0.2, 0.25) is 0 Å². The summed E-state index contributed by atoms with van der Waals surface area (Å²) in [5, 5.41) is 4.06. The zero-order valence-corrected chi connectivity index (χ0v) is 28.0. The van der Waals surface area contributed by atoms with Crippen molar-refractivity contribution in [2.45, 2.75) is 71.1 Å². The van der Waals surface area contributed by atoms with E-state index in [0.29, 0.717) is 79.6 Å². The maximum atomic E-state index is 14.6. The maximum Gasteiger partial charge on any atom is 0.387 e. The molecular formula is C35H38BrF2N3O5. The molecule has 1 aliphatic heterocycles. The lowest BCUT2D eigenvalue weighted by atomic mass is 9.57. The number of carbonyl (C=O) groups excluding carboxylic acids is 2. The van der Waals surface area contributed by atoms with Gasteiger partial charge in [-0.25, -0.2) is 4.98 Å². The number of hydrogen-bond donors (Lipinski definition) is 1. The number of hydrogen-bond acceptors (Lipinski definition) is 7. The molecule has 2 heterocycles. The van der Waals surface area contributed by atoms with Crippen LogP contribution in [-0.2, 0) is 14.3 Å². The van der Waals surface area contributed by atoms with E-state index in [4.69, 9.17) is 19.2 Å². The van der Waals surface area contributed by atoms with Crippen LogP contribution in [0.4, 0.5) is 14.6 Å². The van der Waals surface area contributed by atoms with Gasteiger partial charge in [0.15, 0.2) is 0 Å². The third kappa shape index (κ3) is 6.11. The Balaban J connectivity index is 1.47. The first-order chi connectivity index (χ1) is 21.8. The molecule has 1 saturated carbocycles. The van der Waals surface area contributed by atoms with Crippen LogP contribution in [-0.4, -0.2) is 60.9 Å². The van der Waals surface area contributed by atoms with E-state index in [2.05, 4.69) is 26.1 Å². The van der Waals surface area contributed by atoms with Crippen LogP contribution in [0.1, 0.15) is 67.9 Å². The number of ether oxygens (including phenoxy) is 3. The topological polar surface area (TPSA) is 90.0 Å². The van der Waals surface area contributed by atoms with Crippen LogP contribution in [0.25, 0.3) is 16.5 Å². The summed E-state index contributed by atoms with van der Waals surface area (Å²) in [5.74, 6) is 0.0412. The summed E-state index contributed by atoms with van der Waals surface area (Å²) in [4.78, 5) is 35.4. The molecule has 2 bridgehead atoms. The summed E-state index contributed by atoms with van der Waals surface area (Å²) >= 11 is 3.56. The first-order valence-electron chi connectivity index (χ1n) is 15.6. The first-order valence-corrected chi connectivity index (χ1v) is 16.4. The highest BCUT2D eigenvalue weighted by Crippen LogP contribution is 2.56. The quantitative estimate of drug-likeness (QED) is 0.261. The Bertz CT molecular complexity index is 1710. The number of anilines is 1. The molecule has 1 N–H and O–H groups in total. The van der Waals surface area contributed by atoms with Gasteiger partial charge >= 0.3 is 12.6 Å². The zero-order valence-electron chi connectivity index (χ0n) is 26.4. The first kappa shape index (κ1) is 32.4. The van der Waals surface area contributed by atoms with Crippen molar-refractivity contribution in [3.63, 3.8) is 0 Å². The maximum absolute atomic E-state index is 14.6. The zero-order chi connectivity index (χ0) is 32.9. The molecule has 1 saturated heterocycles. The van der Waals surface area contributed by atoms with Crippen LogP contribution in [0.3, 0.4) is 0 Å². The molecule has 0 radical (unpaired) electrons. The monoisotopic (exact) mass is 697 g/mol. The molecule has 46 heavy (non-hydrogen) atoms. The Labute approximate surface area is 275 Å². The summed E-state index contributed by atoms with van der Waals surface area (Å²) in [6.07, 6.45) is 3.52. The normalized spacial score (nSPS) is 23.0. The number of alkyl halides is 2. The number of para-hydroxylation sites is 1. The number of rotatable bonds is 7. The summed E-state index contributed by atoms with van der Waals surface area (Å²) in [7, 11) is 0. The Morgan fingerprint density at radius 2 is 1.76 bits per heavy atom. The van der Waals surface area contributed by atoms with Crippen molar-refractivity contribution in [2.75, 3.05) is 31.2 Å². The van der Waals surface area contributed by atoms with Gasteiger partial charge in [0.05, 0.1) is 35.2 Å². The minimum atomic E-state index is -3.05. The van der Waals surface area contributed by atoms with Gasteiger partial charge in [0, 0.05) is 34.1 Å². The molecule has 0 spiro atoms. The number of fused-ring (bicyclic) bond motifs is 3. The molecule has 2 fully saturated rings. The molecule has 0 unspecified atom stereocenters. The third-order valence-corrected chi connectivity index (χ3v) is 9.68. The number of carbonyl (C=O) groups is 2. The summed E-state index contributed by atoms with van der Waals surface area (Å²) in [6.45, 7) is 6.76. The van der Waals surface area contributed by atoms with E-state index >= 15 is 0 Å². The highest BCUT2D eigenvalue weighted by atomic mass is 79.9. The van der Waals surface area contributed by atoms with Gasteiger partial charge in [-0.3, -0.25) is 9.59 Å². The Hall–Kier alpha value is -3.57. The second-order valence-corrected chi connectivity index (χ2v) is 14.2. The van der Waals surface area contributed by atoms with E-state index in [1.54, 1.807) is 18.2 Å². The molecule has 7 rings (SSSR count). The number of pyridine rings is 1. The van der Waals surface area contributed by atoms with Crippen LogP contribution >= 0.6 is 15.9 Å². The van der Waals surface area contributed by atoms with Crippen molar-refractivity contribution < 1.29 is 32.6 Å². The minimum absolute atomic E-state index is 0.0201. The number of nitrogens with zero attached hydrogens (tertiary/aromatic N) is 2. The molecular weight excluding hydrogens is 660 g/mol. The molecule has 1 aromatic heterocycles. The Morgan fingerprint density at radius 3 is 2.43 bits per heavy atom. The minimum Gasteiger partial charge on any atom is -0.459 e. The van der Waals surface area contributed by atoms with E-state index in [9.17, 15) is 18.4 Å². The van der Waals surface area contributed by atoms with Crippen molar-refractivity contribution >= 4 is 50.1 Å². The Kier molecular flexibility index (Phi) is 8.60. The lowest BCUT2D eigenvalue weighted by Gasteiger charge is -2.52. The highest BCUT2D eigenvalue weighted by molar-refractivity contribution is 9.10. The lowest BCUT2D eigenvalue weighted by molar-refractivity contribution is -0.167. The van der Waals surface area contributed by atoms with Crippen molar-refractivity contribution in [3.05, 3.63) is 69.7 Å². The van der Waals surface area contributed by atoms with E-state index in [1.807, 2.05) is 52.0 Å². The number of benzene rings is 2. The molecule has 2 aromatic carbocycles. The number of amides is 1. The van der Waals surface area contributed by atoms with Gasteiger partial charge in [-0.1, -0.05) is 40.2 Å². The number of aromatic nitrogens is 1. The van der Waals surface area contributed by atoms with Crippen LogP contribution in [0.5, 0.6) is 5.75 Å². The predicted molar refractivity (Wildman–Crippen MR) is 175 cm³/mol. The van der Waals surface area contributed by atoms with E-state index in [1.165, 1.54) is 6.07 Å². The van der Waals surface area contributed by atoms with E-state index in [-0.39, 0.29) is 17.6 Å². The molecule has 3 aromatic rings. The second kappa shape index (κ2) is 12.2. The molecule has 0 atom stereocenters. The van der Waals surface area contributed by atoms with Crippen molar-refractivity contribution in [1.82, 2.24) is 10.3 Å². The fraction of sp³-hybridized carbons (Fsp3) is 0.457. The van der Waals surface area contributed by atoms with Crippen molar-refractivity contribution in [3.8, 4) is 5.75 Å². The van der Waals surface area contributed by atoms with Gasteiger partial charge < -0.3 is 24.4 Å². The molecule has 11 heteroatoms. The van der Waals surface area contributed by atoms with E-state index in [0.717, 1.165) is 15.9 Å². The number of halogens is 3. The van der Waals surface area contributed by atoms with E-state index < -0.39 is 23.2 Å². The smallest absolute Gasteiger partial charge is 0.387 e. The van der Waals surface area contributed by atoms with Gasteiger partial charge in [-0.05, 0) is 83.2 Å². The average molecular weight is 699 g/mol. The van der Waals surface area contributed by atoms with Crippen LogP contribution in [0.15, 0.2) is 53.0 Å². The van der Waals surface area contributed by atoms with Crippen LogP contribution in [0.2, 0.25) is 0 Å². The molecule has 1 amide bonds. The highest BCUT2D eigenvalue weighted by Gasteiger charge is 2.55. The number of morpholine rings is 1. The molecule has 3 aliphatic carbocycles. The predicted octanol–water partition coefficient (Wildman–Crippen LogP) is 7.21. The SMILES string of the molecule is Cc1c(N2CCOCC2)nc2ccc(Br)cc2c1C(=O)NC12CCC(C(=O)OC(C)(C)C)(C=C1c1ccccc1OC(F)F)CC2. The van der Waals surface area contributed by atoms with Gasteiger partial charge in [-0.2, -0.15) is 8.78 Å². The van der Waals surface area contributed by atoms with Gasteiger partial charge in [0.25, 0.3) is 5.91 Å². The van der Waals surface area contributed by atoms with Crippen molar-refractivity contribution in [1.29, 1.82) is 0 Å². The summed E-state index contributed by atoms with van der Waals surface area (Å²) in [6, 6.07) is 12.2. The lowest BCUT2D eigenvalue weighted by Crippen LogP contribution is -2.58. The summed E-state index contributed by atoms with van der Waals surface area (Å²) < 4.78 is 44.3. The van der Waals surface area contributed by atoms with Crippen molar-refractivity contribution in [2.24, 2.45) is 5.41 Å². The fourth-order valence-electron chi connectivity index (χ4n) is 6.98. The number of esters is 1. The summed E-state index contributed by atoms with van der Waals surface area (Å²) in [5.41, 5.74) is 0.283. The van der Waals surface area contributed by atoms with Gasteiger partial charge in [-0.15, -0.1) is 0 Å². The molecule has 244 valence electrons. The molecule has 4 aliphatic rings. The number of nitrogens with one attached hydrogen (secondary N) is 1.